The Morgan fingerprint density at radius 1 is 1.50 bits per heavy atom. The number of hydrogen-bond acceptors (Lipinski definition) is 2. The largest absolute Gasteiger partial charge is 0.323 e. The SMILES string of the molecule is Cc1cccc(NN)c1Br. The summed E-state index contributed by atoms with van der Waals surface area (Å²) in [4.78, 5) is 0. The lowest BCUT2D eigenvalue weighted by Crippen LogP contribution is -2.07. The van der Waals surface area contributed by atoms with Crippen LogP contribution in [0.3, 0.4) is 0 Å². The van der Waals surface area contributed by atoms with Gasteiger partial charge < -0.3 is 5.43 Å². The van der Waals surface area contributed by atoms with E-state index in [9.17, 15) is 0 Å². The van der Waals surface area contributed by atoms with Crippen LogP contribution >= 0.6 is 15.9 Å². The molecule has 10 heavy (non-hydrogen) atoms. The molecule has 3 N–H and O–H groups in total. The number of benzene rings is 1. The number of nitrogens with one attached hydrogen (secondary N) is 1. The average molecular weight is 201 g/mol. The van der Waals surface area contributed by atoms with Gasteiger partial charge in [-0.1, -0.05) is 12.1 Å². The second-order valence-corrected chi connectivity index (χ2v) is 2.87. The van der Waals surface area contributed by atoms with Crippen molar-refractivity contribution in [3.63, 3.8) is 0 Å². The number of hydrazine groups is 1. The van der Waals surface area contributed by atoms with Gasteiger partial charge in [0.2, 0.25) is 0 Å². The second-order valence-electron chi connectivity index (χ2n) is 2.08. The Balaban J connectivity index is 3.14. The Morgan fingerprint density at radius 2 is 2.20 bits per heavy atom. The third-order valence-electron chi connectivity index (χ3n) is 1.35. The first-order chi connectivity index (χ1) is 4.75. The zero-order valence-electron chi connectivity index (χ0n) is 5.69. The zero-order chi connectivity index (χ0) is 7.56. The van der Waals surface area contributed by atoms with Crippen LogP contribution in [0.15, 0.2) is 22.7 Å². The van der Waals surface area contributed by atoms with E-state index in [1.54, 1.807) is 0 Å². The van der Waals surface area contributed by atoms with Gasteiger partial charge >= 0.3 is 0 Å². The van der Waals surface area contributed by atoms with Gasteiger partial charge in [-0.3, -0.25) is 5.84 Å². The van der Waals surface area contributed by atoms with E-state index in [0.717, 1.165) is 10.2 Å². The third-order valence-corrected chi connectivity index (χ3v) is 2.40. The summed E-state index contributed by atoms with van der Waals surface area (Å²) in [5, 5.41) is 0. The van der Waals surface area contributed by atoms with E-state index in [4.69, 9.17) is 5.84 Å². The van der Waals surface area contributed by atoms with Gasteiger partial charge in [0, 0.05) is 4.47 Å². The maximum Gasteiger partial charge on any atom is 0.0629 e. The van der Waals surface area contributed by atoms with Gasteiger partial charge in [-0.05, 0) is 34.5 Å². The highest BCUT2D eigenvalue weighted by atomic mass is 79.9. The van der Waals surface area contributed by atoms with Gasteiger partial charge in [-0.25, -0.2) is 0 Å². The fourth-order valence-corrected chi connectivity index (χ4v) is 1.14. The molecule has 0 spiro atoms. The van der Waals surface area contributed by atoms with Crippen molar-refractivity contribution in [2.24, 2.45) is 5.84 Å². The summed E-state index contributed by atoms with van der Waals surface area (Å²) in [7, 11) is 0. The number of anilines is 1. The number of nitrogens with two attached hydrogens (primary N) is 1. The molecular formula is C7H9BrN2. The van der Waals surface area contributed by atoms with Crippen molar-refractivity contribution in [3.05, 3.63) is 28.2 Å². The highest BCUT2D eigenvalue weighted by Gasteiger charge is 1.97. The maximum absolute atomic E-state index is 5.24. The molecule has 0 unspecified atom stereocenters. The molecule has 2 nitrogen and oxygen atoms in total. The maximum atomic E-state index is 5.24. The zero-order valence-corrected chi connectivity index (χ0v) is 7.27. The first-order valence-corrected chi connectivity index (χ1v) is 3.76. The first-order valence-electron chi connectivity index (χ1n) is 2.97. The topological polar surface area (TPSA) is 38.0 Å². The second kappa shape index (κ2) is 3.03. The molecule has 0 fully saturated rings. The molecule has 1 aromatic rings. The molecule has 0 amide bonds. The lowest BCUT2D eigenvalue weighted by atomic mass is 10.2. The van der Waals surface area contributed by atoms with Crippen LogP contribution in [0.25, 0.3) is 0 Å². The van der Waals surface area contributed by atoms with E-state index in [2.05, 4.69) is 21.4 Å². The van der Waals surface area contributed by atoms with Crippen molar-refractivity contribution >= 4 is 21.6 Å². The molecule has 0 aliphatic rings. The van der Waals surface area contributed by atoms with Crippen molar-refractivity contribution in [3.8, 4) is 0 Å². The van der Waals surface area contributed by atoms with Crippen LogP contribution in [0.4, 0.5) is 5.69 Å². The monoisotopic (exact) mass is 200 g/mol. The van der Waals surface area contributed by atoms with Crippen LogP contribution in [0, 0.1) is 6.92 Å². The third kappa shape index (κ3) is 1.30. The van der Waals surface area contributed by atoms with E-state index in [-0.39, 0.29) is 0 Å². The molecule has 54 valence electrons. The first kappa shape index (κ1) is 7.57. The highest BCUT2D eigenvalue weighted by molar-refractivity contribution is 9.10. The normalized spacial score (nSPS) is 9.50. The minimum Gasteiger partial charge on any atom is -0.323 e. The summed E-state index contributed by atoms with van der Waals surface area (Å²) < 4.78 is 1.03. The average Bonchev–Trinajstić information content (AvgIpc) is 1.95. The molecule has 0 aromatic heterocycles. The van der Waals surface area contributed by atoms with Crippen LogP contribution in [0.2, 0.25) is 0 Å². The Labute approximate surface area is 68.5 Å². The fraction of sp³-hybridized carbons (Fsp3) is 0.143. The smallest absolute Gasteiger partial charge is 0.0629 e. The van der Waals surface area contributed by atoms with Crippen LogP contribution in [0.1, 0.15) is 5.56 Å². The van der Waals surface area contributed by atoms with Crippen molar-refractivity contribution in [1.29, 1.82) is 0 Å². The van der Waals surface area contributed by atoms with E-state index < -0.39 is 0 Å². The number of halogens is 1. The van der Waals surface area contributed by atoms with Gasteiger partial charge in [0.25, 0.3) is 0 Å². The summed E-state index contributed by atoms with van der Waals surface area (Å²) in [6, 6.07) is 5.89. The lowest BCUT2D eigenvalue weighted by Gasteiger charge is -2.04. The molecule has 3 heteroatoms. The van der Waals surface area contributed by atoms with Gasteiger partial charge in [0.1, 0.15) is 0 Å². The van der Waals surface area contributed by atoms with E-state index in [0.29, 0.717) is 0 Å². The Morgan fingerprint density at radius 3 is 2.70 bits per heavy atom. The van der Waals surface area contributed by atoms with E-state index in [1.807, 2.05) is 25.1 Å². The molecule has 0 saturated heterocycles. The number of aryl methyl sites for hydroxylation is 1. The molecular weight excluding hydrogens is 192 g/mol. The molecule has 0 bridgehead atoms. The molecule has 1 rings (SSSR count). The molecule has 0 heterocycles. The van der Waals surface area contributed by atoms with Crippen molar-refractivity contribution in [2.75, 3.05) is 5.43 Å². The van der Waals surface area contributed by atoms with E-state index in [1.165, 1.54) is 5.56 Å². The molecule has 0 atom stereocenters. The molecule has 1 aromatic carbocycles. The van der Waals surface area contributed by atoms with Crippen molar-refractivity contribution in [2.45, 2.75) is 6.92 Å². The Hall–Kier alpha value is -0.540. The summed E-state index contributed by atoms with van der Waals surface area (Å²) in [6.07, 6.45) is 0. The Bertz CT molecular complexity index is 235. The predicted octanol–water partition coefficient (Wildman–Crippen LogP) is 2.04. The summed E-state index contributed by atoms with van der Waals surface area (Å²) in [5.74, 6) is 5.24. The van der Waals surface area contributed by atoms with E-state index >= 15 is 0 Å². The molecule has 0 aliphatic carbocycles. The van der Waals surface area contributed by atoms with Crippen LogP contribution < -0.4 is 11.3 Å². The number of rotatable bonds is 1. The standard InChI is InChI=1S/C7H9BrN2/c1-5-3-2-4-6(10-9)7(5)8/h2-4,10H,9H2,1H3. The molecule has 0 aliphatic heterocycles. The van der Waals surface area contributed by atoms with Crippen LogP contribution in [0.5, 0.6) is 0 Å². The Kier molecular flexibility index (Phi) is 2.29. The summed E-state index contributed by atoms with van der Waals surface area (Å²) >= 11 is 3.40. The minimum atomic E-state index is 0.917. The van der Waals surface area contributed by atoms with Gasteiger partial charge in [-0.2, -0.15) is 0 Å². The quantitative estimate of drug-likeness (QED) is 0.539. The van der Waals surface area contributed by atoms with Crippen molar-refractivity contribution in [1.82, 2.24) is 0 Å². The van der Waals surface area contributed by atoms with Gasteiger partial charge in [0.05, 0.1) is 5.69 Å². The highest BCUT2D eigenvalue weighted by Crippen LogP contribution is 2.24. The predicted molar refractivity (Wildman–Crippen MR) is 46.7 cm³/mol. The number of hydrogen-bond donors (Lipinski definition) is 2. The lowest BCUT2D eigenvalue weighted by molar-refractivity contribution is 1.31. The summed E-state index contributed by atoms with van der Waals surface area (Å²) in [6.45, 7) is 2.02. The molecule has 0 saturated carbocycles. The molecule has 0 radical (unpaired) electrons. The van der Waals surface area contributed by atoms with Crippen molar-refractivity contribution < 1.29 is 0 Å². The fourth-order valence-electron chi connectivity index (χ4n) is 0.759. The van der Waals surface area contributed by atoms with Crippen LogP contribution in [-0.2, 0) is 0 Å². The van der Waals surface area contributed by atoms with Gasteiger partial charge in [-0.15, -0.1) is 0 Å². The van der Waals surface area contributed by atoms with Crippen LogP contribution in [-0.4, -0.2) is 0 Å². The van der Waals surface area contributed by atoms with Gasteiger partial charge in [0.15, 0.2) is 0 Å². The number of nitrogen functional groups attached to an aromatic ring is 1. The summed E-state index contributed by atoms with van der Waals surface area (Å²) in [5.41, 5.74) is 4.68. The minimum absolute atomic E-state index is 0.917.